The third-order valence-electron chi connectivity index (χ3n) is 4.82. The zero-order valence-corrected chi connectivity index (χ0v) is 15.1. The van der Waals surface area contributed by atoms with Crippen LogP contribution in [0.3, 0.4) is 0 Å². The maximum absolute atomic E-state index is 12.9. The second-order valence-corrected chi connectivity index (χ2v) is 6.62. The van der Waals surface area contributed by atoms with Crippen LogP contribution in [0.15, 0.2) is 73.1 Å². The summed E-state index contributed by atoms with van der Waals surface area (Å²) in [6.45, 7) is 1.18. The number of aryl methyl sites for hydroxylation is 1. The molecule has 0 fully saturated rings. The van der Waals surface area contributed by atoms with Gasteiger partial charge in [-0.1, -0.05) is 18.2 Å². The number of phenolic OH excluding ortho intramolecular Hbond substituents is 1. The number of rotatable bonds is 6. The number of aromatic nitrogens is 3. The van der Waals surface area contributed by atoms with Crippen molar-refractivity contribution in [2.24, 2.45) is 0 Å². The van der Waals surface area contributed by atoms with Crippen LogP contribution < -0.4 is 0 Å². The summed E-state index contributed by atoms with van der Waals surface area (Å²) >= 11 is 0. The molecule has 1 amide bonds. The van der Waals surface area contributed by atoms with Crippen molar-refractivity contribution in [2.75, 3.05) is 6.54 Å². The van der Waals surface area contributed by atoms with E-state index in [1.807, 2.05) is 29.0 Å². The molecule has 1 aromatic carbocycles. The molecule has 0 aliphatic carbocycles. The number of phenols is 1. The molecule has 7 heteroatoms. The van der Waals surface area contributed by atoms with Crippen molar-refractivity contribution in [3.05, 3.63) is 84.4 Å². The first kappa shape index (κ1) is 17.8. The van der Waals surface area contributed by atoms with Gasteiger partial charge in [0.25, 0.3) is 5.91 Å². The Hall–Kier alpha value is -3.61. The van der Waals surface area contributed by atoms with E-state index in [0.717, 1.165) is 0 Å². The molecule has 0 saturated heterocycles. The number of hydrogen-bond donors (Lipinski definition) is 2. The number of hydrogen-bond acceptors (Lipinski definition) is 5. The van der Waals surface area contributed by atoms with Gasteiger partial charge in [-0.05, 0) is 36.2 Å². The van der Waals surface area contributed by atoms with Crippen LogP contribution in [0, 0.1) is 0 Å². The summed E-state index contributed by atoms with van der Waals surface area (Å²) in [5.41, 5.74) is 1.87. The van der Waals surface area contributed by atoms with Gasteiger partial charge in [0.1, 0.15) is 11.8 Å². The summed E-state index contributed by atoms with van der Waals surface area (Å²) in [5, 5.41) is 20.2. The van der Waals surface area contributed by atoms with Crippen LogP contribution in [-0.2, 0) is 11.3 Å². The maximum atomic E-state index is 12.9. The molecule has 0 bridgehead atoms. The summed E-state index contributed by atoms with van der Waals surface area (Å²) in [5.74, 6) is -0.562. The van der Waals surface area contributed by atoms with Gasteiger partial charge >= 0.3 is 0 Å². The molecule has 7 nitrogen and oxygen atoms in total. The monoisotopic (exact) mass is 376 g/mol. The van der Waals surface area contributed by atoms with E-state index < -0.39 is 11.9 Å². The Kier molecular flexibility index (Phi) is 4.80. The summed E-state index contributed by atoms with van der Waals surface area (Å²) in [6.07, 6.45) is 7.71. The molecule has 3 aromatic rings. The topological polar surface area (TPSA) is 91.5 Å². The van der Waals surface area contributed by atoms with Gasteiger partial charge in [-0.2, -0.15) is 0 Å². The van der Waals surface area contributed by atoms with Crippen molar-refractivity contribution in [2.45, 2.75) is 19.0 Å². The lowest BCUT2D eigenvalue weighted by Crippen LogP contribution is -2.32. The largest absolute Gasteiger partial charge is 0.508 e. The Labute approximate surface area is 162 Å². The van der Waals surface area contributed by atoms with Gasteiger partial charge in [-0.15, -0.1) is 0 Å². The number of pyridine rings is 1. The SMILES string of the molecule is O=C1C(O)=C(c2ccc(O)cc2)C(c2ccccn2)N1CCCn1ccnc1. The minimum atomic E-state index is -0.485. The van der Waals surface area contributed by atoms with Crippen LogP contribution in [-0.4, -0.2) is 42.1 Å². The van der Waals surface area contributed by atoms with Gasteiger partial charge in [-0.25, -0.2) is 4.98 Å². The number of aromatic hydroxyl groups is 1. The molecule has 2 aromatic heterocycles. The van der Waals surface area contributed by atoms with Gasteiger partial charge in [0.05, 0.1) is 12.0 Å². The van der Waals surface area contributed by atoms with E-state index in [4.69, 9.17) is 0 Å². The maximum Gasteiger partial charge on any atom is 0.289 e. The molecule has 1 aliphatic heterocycles. The average molecular weight is 376 g/mol. The van der Waals surface area contributed by atoms with Crippen molar-refractivity contribution in [1.82, 2.24) is 19.4 Å². The lowest BCUT2D eigenvalue weighted by atomic mass is 9.96. The fourth-order valence-corrected chi connectivity index (χ4v) is 3.51. The summed E-state index contributed by atoms with van der Waals surface area (Å²) in [7, 11) is 0. The van der Waals surface area contributed by atoms with Crippen LogP contribution in [0.25, 0.3) is 5.57 Å². The van der Waals surface area contributed by atoms with E-state index in [0.29, 0.717) is 36.3 Å². The number of aliphatic hydroxyl groups is 1. The average Bonchev–Trinajstić information content (AvgIpc) is 3.32. The number of carbonyl (C=O) groups is 1. The second kappa shape index (κ2) is 7.56. The zero-order chi connectivity index (χ0) is 19.5. The number of benzene rings is 1. The van der Waals surface area contributed by atoms with Crippen molar-refractivity contribution in [3.63, 3.8) is 0 Å². The normalized spacial score (nSPS) is 16.8. The quantitative estimate of drug-likeness (QED) is 0.690. The van der Waals surface area contributed by atoms with Crippen molar-refractivity contribution < 1.29 is 15.0 Å². The molecule has 0 spiro atoms. The summed E-state index contributed by atoms with van der Waals surface area (Å²) in [4.78, 5) is 23.0. The third kappa shape index (κ3) is 3.34. The standard InChI is InChI=1S/C21H20N4O3/c26-16-7-5-15(6-8-16)18-19(17-4-1-2-9-23-17)25(21(28)20(18)27)12-3-11-24-13-10-22-14-24/h1-2,4-10,13-14,19,26-27H,3,11-12H2. The van der Waals surface area contributed by atoms with E-state index >= 15 is 0 Å². The van der Waals surface area contributed by atoms with Crippen molar-refractivity contribution in [1.29, 1.82) is 0 Å². The Morgan fingerprint density at radius 1 is 1.00 bits per heavy atom. The van der Waals surface area contributed by atoms with E-state index in [1.54, 1.807) is 35.8 Å². The number of nitrogens with zero attached hydrogens (tertiary/aromatic N) is 4. The van der Waals surface area contributed by atoms with E-state index in [1.165, 1.54) is 12.1 Å². The molecule has 4 rings (SSSR count). The van der Waals surface area contributed by atoms with Crippen molar-refractivity contribution in [3.8, 4) is 5.75 Å². The van der Waals surface area contributed by atoms with Crippen LogP contribution >= 0.6 is 0 Å². The first-order chi connectivity index (χ1) is 13.6. The molecule has 28 heavy (non-hydrogen) atoms. The van der Waals surface area contributed by atoms with E-state index in [2.05, 4.69) is 9.97 Å². The number of aliphatic hydroxyl groups excluding tert-OH is 1. The van der Waals surface area contributed by atoms with E-state index in [-0.39, 0.29) is 11.5 Å². The molecule has 1 atom stereocenters. The fraction of sp³-hybridized carbons (Fsp3) is 0.190. The molecular weight excluding hydrogens is 356 g/mol. The van der Waals surface area contributed by atoms with Gasteiger partial charge in [0.15, 0.2) is 5.76 Å². The van der Waals surface area contributed by atoms with Gasteiger partial charge in [0.2, 0.25) is 0 Å². The first-order valence-electron chi connectivity index (χ1n) is 9.05. The zero-order valence-electron chi connectivity index (χ0n) is 15.1. The fourth-order valence-electron chi connectivity index (χ4n) is 3.51. The third-order valence-corrected chi connectivity index (χ3v) is 4.82. The summed E-state index contributed by atoms with van der Waals surface area (Å²) in [6, 6.07) is 11.5. The highest BCUT2D eigenvalue weighted by molar-refractivity contribution is 6.05. The van der Waals surface area contributed by atoms with Gasteiger partial charge in [0, 0.05) is 37.3 Å². The predicted molar refractivity (Wildman–Crippen MR) is 103 cm³/mol. The highest BCUT2D eigenvalue weighted by Crippen LogP contribution is 2.42. The van der Waals surface area contributed by atoms with Crippen molar-refractivity contribution >= 4 is 11.5 Å². The molecule has 0 saturated carbocycles. The lowest BCUT2D eigenvalue weighted by Gasteiger charge is -2.26. The second-order valence-electron chi connectivity index (χ2n) is 6.62. The molecule has 3 heterocycles. The van der Waals surface area contributed by atoms with Crippen LogP contribution in [0.1, 0.15) is 23.7 Å². The molecular formula is C21H20N4O3. The molecule has 142 valence electrons. The minimum Gasteiger partial charge on any atom is -0.508 e. The highest BCUT2D eigenvalue weighted by Gasteiger charge is 2.41. The molecule has 0 radical (unpaired) electrons. The van der Waals surface area contributed by atoms with Crippen LogP contribution in [0.4, 0.5) is 0 Å². The smallest absolute Gasteiger partial charge is 0.289 e. The number of carbonyl (C=O) groups excluding carboxylic acids is 1. The Bertz CT molecular complexity index is 982. The molecule has 2 N–H and O–H groups in total. The summed E-state index contributed by atoms with van der Waals surface area (Å²) < 4.78 is 1.95. The van der Waals surface area contributed by atoms with Gasteiger partial charge < -0.3 is 19.7 Å². The Morgan fingerprint density at radius 2 is 1.82 bits per heavy atom. The Morgan fingerprint density at radius 3 is 2.50 bits per heavy atom. The van der Waals surface area contributed by atoms with Crippen LogP contribution in [0.5, 0.6) is 5.75 Å². The Balaban J connectivity index is 1.66. The molecule has 1 unspecified atom stereocenters. The highest BCUT2D eigenvalue weighted by atomic mass is 16.3. The predicted octanol–water partition coefficient (Wildman–Crippen LogP) is 2.93. The number of imidazole rings is 1. The first-order valence-corrected chi connectivity index (χ1v) is 9.05. The minimum absolute atomic E-state index is 0.125. The lowest BCUT2D eigenvalue weighted by molar-refractivity contribution is -0.129. The van der Waals surface area contributed by atoms with Gasteiger partial charge in [-0.3, -0.25) is 9.78 Å². The van der Waals surface area contributed by atoms with E-state index in [9.17, 15) is 15.0 Å². The molecule has 1 aliphatic rings. The number of amides is 1. The van der Waals surface area contributed by atoms with Crippen LogP contribution in [0.2, 0.25) is 0 Å².